The van der Waals surface area contributed by atoms with Gasteiger partial charge in [0.25, 0.3) is 0 Å². The predicted octanol–water partition coefficient (Wildman–Crippen LogP) is 1.90. The molecule has 0 aliphatic heterocycles. The Morgan fingerprint density at radius 2 is 1.91 bits per heavy atom. The lowest BCUT2D eigenvalue weighted by Gasteiger charge is -2.17. The first-order valence-electron chi connectivity index (χ1n) is 7.26. The molecule has 0 saturated heterocycles. The molecule has 0 bridgehead atoms. The van der Waals surface area contributed by atoms with Gasteiger partial charge in [-0.2, -0.15) is 0 Å². The number of hydroxylamine groups is 2. The number of hydrogen-bond donors (Lipinski definition) is 2. The molecular weight excluding hydrogens is 282 g/mol. The third-order valence-corrected chi connectivity index (χ3v) is 2.99. The van der Waals surface area contributed by atoms with Gasteiger partial charge in [-0.25, -0.2) is 0 Å². The molecule has 1 aromatic rings. The second kappa shape index (κ2) is 8.51. The summed E-state index contributed by atoms with van der Waals surface area (Å²) in [4.78, 5) is 16.3. The van der Waals surface area contributed by atoms with Crippen molar-refractivity contribution in [3.8, 4) is 0 Å². The van der Waals surface area contributed by atoms with Crippen LogP contribution in [-0.2, 0) is 16.2 Å². The fourth-order valence-corrected chi connectivity index (χ4v) is 1.93. The van der Waals surface area contributed by atoms with Gasteiger partial charge in [-0.1, -0.05) is 43.3 Å². The van der Waals surface area contributed by atoms with E-state index in [-0.39, 0.29) is 6.04 Å². The SMILES string of the molecule is C/C(=N/ON(C)C)c1ccc(CC(NC(C)C)C(=O)O)cc1. The maximum absolute atomic E-state index is 11.3. The smallest absolute Gasteiger partial charge is 0.321 e. The van der Waals surface area contributed by atoms with Crippen molar-refractivity contribution in [1.82, 2.24) is 10.4 Å². The lowest BCUT2D eigenvalue weighted by Crippen LogP contribution is -2.42. The first-order valence-corrected chi connectivity index (χ1v) is 7.26. The zero-order valence-corrected chi connectivity index (χ0v) is 13.8. The minimum Gasteiger partial charge on any atom is -0.480 e. The molecule has 6 nitrogen and oxygen atoms in total. The summed E-state index contributed by atoms with van der Waals surface area (Å²) in [6.07, 6.45) is 0.443. The average molecular weight is 307 g/mol. The van der Waals surface area contributed by atoms with E-state index in [9.17, 15) is 9.90 Å². The molecule has 0 heterocycles. The maximum atomic E-state index is 11.3. The summed E-state index contributed by atoms with van der Waals surface area (Å²) in [5.74, 6) is -0.838. The minimum absolute atomic E-state index is 0.123. The second-order valence-corrected chi connectivity index (χ2v) is 5.68. The number of oxime groups is 1. The van der Waals surface area contributed by atoms with E-state index in [1.54, 1.807) is 14.1 Å². The molecule has 1 aromatic carbocycles. The summed E-state index contributed by atoms with van der Waals surface area (Å²) < 4.78 is 0. The van der Waals surface area contributed by atoms with Crippen LogP contribution in [0.3, 0.4) is 0 Å². The summed E-state index contributed by atoms with van der Waals surface area (Å²) in [7, 11) is 3.52. The fourth-order valence-electron chi connectivity index (χ4n) is 1.93. The van der Waals surface area contributed by atoms with E-state index in [0.29, 0.717) is 6.42 Å². The third-order valence-electron chi connectivity index (χ3n) is 2.99. The maximum Gasteiger partial charge on any atom is 0.321 e. The number of hydrogen-bond acceptors (Lipinski definition) is 5. The zero-order valence-electron chi connectivity index (χ0n) is 13.8. The van der Waals surface area contributed by atoms with Gasteiger partial charge in [-0.05, 0) is 24.5 Å². The number of rotatable bonds is 8. The van der Waals surface area contributed by atoms with Gasteiger partial charge in [0, 0.05) is 20.1 Å². The van der Waals surface area contributed by atoms with Crippen molar-refractivity contribution in [2.75, 3.05) is 14.1 Å². The number of aliphatic carboxylic acids is 1. The van der Waals surface area contributed by atoms with E-state index in [2.05, 4.69) is 10.5 Å². The Kier molecular flexibility index (Phi) is 7.01. The Bertz CT molecular complexity index is 510. The van der Waals surface area contributed by atoms with E-state index in [1.807, 2.05) is 45.0 Å². The van der Waals surface area contributed by atoms with Gasteiger partial charge >= 0.3 is 5.97 Å². The van der Waals surface area contributed by atoms with Gasteiger partial charge in [-0.3, -0.25) is 9.73 Å². The van der Waals surface area contributed by atoms with E-state index in [0.717, 1.165) is 16.8 Å². The lowest BCUT2D eigenvalue weighted by molar-refractivity contribution is -0.139. The van der Waals surface area contributed by atoms with Crippen molar-refractivity contribution in [2.24, 2.45) is 5.16 Å². The fraction of sp³-hybridized carbons (Fsp3) is 0.500. The van der Waals surface area contributed by atoms with Gasteiger partial charge in [0.05, 0.1) is 5.71 Å². The second-order valence-electron chi connectivity index (χ2n) is 5.68. The summed E-state index contributed by atoms with van der Waals surface area (Å²) in [5.41, 5.74) is 2.66. The van der Waals surface area contributed by atoms with E-state index >= 15 is 0 Å². The van der Waals surface area contributed by atoms with Crippen LogP contribution in [-0.4, -0.2) is 48.0 Å². The highest BCUT2D eigenvalue weighted by Gasteiger charge is 2.18. The molecule has 0 fully saturated rings. The third kappa shape index (κ3) is 6.24. The van der Waals surface area contributed by atoms with E-state index < -0.39 is 12.0 Å². The van der Waals surface area contributed by atoms with Gasteiger partial charge < -0.3 is 10.4 Å². The van der Waals surface area contributed by atoms with Crippen molar-refractivity contribution >= 4 is 11.7 Å². The number of benzene rings is 1. The van der Waals surface area contributed by atoms with Crippen LogP contribution in [0, 0.1) is 0 Å². The molecule has 1 unspecified atom stereocenters. The summed E-state index contributed by atoms with van der Waals surface area (Å²) >= 11 is 0. The Labute approximate surface area is 131 Å². The van der Waals surface area contributed by atoms with Crippen molar-refractivity contribution in [1.29, 1.82) is 0 Å². The molecule has 0 saturated carbocycles. The van der Waals surface area contributed by atoms with Crippen LogP contribution in [0.4, 0.5) is 0 Å². The zero-order chi connectivity index (χ0) is 16.7. The molecule has 1 atom stereocenters. The van der Waals surface area contributed by atoms with Crippen LogP contribution in [0.1, 0.15) is 31.9 Å². The van der Waals surface area contributed by atoms with Crippen LogP contribution in [0.25, 0.3) is 0 Å². The number of carboxylic acid groups (broad SMARTS) is 1. The molecule has 0 aliphatic carbocycles. The monoisotopic (exact) mass is 307 g/mol. The molecule has 0 spiro atoms. The molecule has 1 rings (SSSR count). The van der Waals surface area contributed by atoms with Crippen molar-refractivity contribution in [2.45, 2.75) is 39.3 Å². The largest absolute Gasteiger partial charge is 0.480 e. The average Bonchev–Trinajstić information content (AvgIpc) is 2.44. The van der Waals surface area contributed by atoms with Crippen molar-refractivity contribution < 1.29 is 14.8 Å². The van der Waals surface area contributed by atoms with Crippen LogP contribution < -0.4 is 5.32 Å². The number of carboxylic acids is 1. The minimum atomic E-state index is -0.838. The summed E-state index contributed by atoms with van der Waals surface area (Å²) in [6, 6.07) is 7.21. The number of carbonyl (C=O) groups is 1. The predicted molar refractivity (Wildman–Crippen MR) is 86.8 cm³/mol. The van der Waals surface area contributed by atoms with Gasteiger partial charge in [0.15, 0.2) is 0 Å². The molecule has 0 aromatic heterocycles. The number of nitrogens with one attached hydrogen (secondary N) is 1. The number of nitrogens with zero attached hydrogens (tertiary/aromatic N) is 2. The molecule has 0 amide bonds. The summed E-state index contributed by atoms with van der Waals surface area (Å²) in [5, 5.41) is 17.8. The normalized spacial score (nSPS) is 13.5. The Hall–Kier alpha value is -1.92. The van der Waals surface area contributed by atoms with E-state index in [1.165, 1.54) is 5.06 Å². The van der Waals surface area contributed by atoms with Crippen LogP contribution in [0.5, 0.6) is 0 Å². The Morgan fingerprint density at radius 3 is 2.36 bits per heavy atom. The Morgan fingerprint density at radius 1 is 1.32 bits per heavy atom. The molecule has 6 heteroatoms. The quantitative estimate of drug-likeness (QED) is 0.567. The molecule has 22 heavy (non-hydrogen) atoms. The molecular formula is C16H25N3O3. The summed E-state index contributed by atoms with van der Waals surface area (Å²) in [6.45, 7) is 5.73. The standard InChI is InChI=1S/C16H25N3O3/c1-11(2)17-15(16(20)21)10-13-6-8-14(9-7-13)12(3)18-22-19(4)5/h6-9,11,15,17H,10H2,1-5H3,(H,20,21)/b18-12-. The highest BCUT2D eigenvalue weighted by molar-refractivity contribution is 5.98. The molecule has 0 radical (unpaired) electrons. The van der Waals surface area contributed by atoms with Gasteiger partial charge in [0.1, 0.15) is 6.04 Å². The Balaban J connectivity index is 2.75. The molecule has 0 aliphatic rings. The van der Waals surface area contributed by atoms with Gasteiger partial charge in [-0.15, -0.1) is 5.06 Å². The highest BCUT2D eigenvalue weighted by atomic mass is 16.8. The highest BCUT2D eigenvalue weighted by Crippen LogP contribution is 2.09. The topological polar surface area (TPSA) is 74.2 Å². The van der Waals surface area contributed by atoms with Crippen LogP contribution in [0.2, 0.25) is 0 Å². The molecule has 2 N–H and O–H groups in total. The first kappa shape index (κ1) is 18.1. The molecule has 122 valence electrons. The van der Waals surface area contributed by atoms with Gasteiger partial charge in [0.2, 0.25) is 0 Å². The van der Waals surface area contributed by atoms with E-state index in [4.69, 9.17) is 4.94 Å². The van der Waals surface area contributed by atoms with Crippen molar-refractivity contribution in [3.63, 3.8) is 0 Å². The lowest BCUT2D eigenvalue weighted by atomic mass is 10.0. The van der Waals surface area contributed by atoms with Crippen LogP contribution >= 0.6 is 0 Å². The van der Waals surface area contributed by atoms with Crippen molar-refractivity contribution in [3.05, 3.63) is 35.4 Å². The first-order chi connectivity index (χ1) is 10.3. The van der Waals surface area contributed by atoms with Crippen LogP contribution in [0.15, 0.2) is 29.4 Å².